The van der Waals surface area contributed by atoms with Crippen LogP contribution < -0.4 is 11.1 Å². The molecule has 0 heterocycles. The van der Waals surface area contributed by atoms with E-state index in [1.54, 1.807) is 17.0 Å². The summed E-state index contributed by atoms with van der Waals surface area (Å²) in [5, 5.41) is 3.15. The van der Waals surface area contributed by atoms with Crippen molar-refractivity contribution < 1.29 is 18.8 Å². The molecule has 3 N–H and O–H groups in total. The van der Waals surface area contributed by atoms with Crippen molar-refractivity contribution in [1.29, 1.82) is 0 Å². The lowest BCUT2D eigenvalue weighted by molar-refractivity contribution is -0.141. The van der Waals surface area contributed by atoms with E-state index in [1.807, 2.05) is 66.7 Å². The summed E-state index contributed by atoms with van der Waals surface area (Å²) in [7, 11) is 0. The fraction of sp³-hybridized carbons (Fsp3) is 0.270. The number of halogens is 1. The van der Waals surface area contributed by atoms with Crippen LogP contribution in [0.15, 0.2) is 115 Å². The minimum atomic E-state index is -0.607. The molecular formula is C37H41FN4O3. The lowest BCUT2D eigenvalue weighted by Crippen LogP contribution is -2.48. The molecule has 0 saturated heterocycles. The number of carbonyl (C=O) groups is 3. The highest BCUT2D eigenvalue weighted by Gasteiger charge is 2.24. The van der Waals surface area contributed by atoms with Crippen LogP contribution in [0.3, 0.4) is 0 Å². The Kier molecular flexibility index (Phi) is 12.8. The zero-order valence-electron chi connectivity index (χ0n) is 25.5. The van der Waals surface area contributed by atoms with Gasteiger partial charge in [0, 0.05) is 19.0 Å². The zero-order valence-corrected chi connectivity index (χ0v) is 25.5. The van der Waals surface area contributed by atoms with Crippen LogP contribution in [0.4, 0.5) is 4.39 Å². The zero-order chi connectivity index (χ0) is 31.9. The van der Waals surface area contributed by atoms with Gasteiger partial charge >= 0.3 is 0 Å². The first-order chi connectivity index (χ1) is 21.9. The highest BCUT2D eigenvalue weighted by molar-refractivity contribution is 5.88. The minimum absolute atomic E-state index is 0.0108. The van der Waals surface area contributed by atoms with E-state index in [4.69, 9.17) is 5.73 Å². The lowest BCUT2D eigenvalue weighted by atomic mass is 9.88. The van der Waals surface area contributed by atoms with Crippen molar-refractivity contribution in [2.75, 3.05) is 39.3 Å². The molecule has 0 aromatic heterocycles. The Balaban J connectivity index is 1.43. The van der Waals surface area contributed by atoms with Gasteiger partial charge in [0.1, 0.15) is 5.82 Å². The Labute approximate surface area is 264 Å². The molecule has 0 aliphatic rings. The normalized spacial score (nSPS) is 10.9. The minimum Gasteiger partial charge on any atom is -0.368 e. The maximum absolute atomic E-state index is 13.7. The molecule has 0 radical (unpaired) electrons. The third-order valence-electron chi connectivity index (χ3n) is 7.76. The van der Waals surface area contributed by atoms with Gasteiger partial charge in [-0.25, -0.2) is 4.39 Å². The number of benzene rings is 4. The first-order valence-corrected chi connectivity index (χ1v) is 15.3. The van der Waals surface area contributed by atoms with Crippen molar-refractivity contribution in [1.82, 2.24) is 15.1 Å². The van der Waals surface area contributed by atoms with Crippen LogP contribution in [0.2, 0.25) is 0 Å². The van der Waals surface area contributed by atoms with Crippen LogP contribution in [-0.4, -0.2) is 66.8 Å². The highest BCUT2D eigenvalue weighted by Crippen LogP contribution is 2.28. The number of amides is 3. The Morgan fingerprint density at radius 1 is 0.644 bits per heavy atom. The SMILES string of the molecule is NC(=O)CN(CCC(c1ccccc1)c1ccccc1)C(=O)CN(CCc1ccccc1)C(=O)CNCCc1ccc(F)cc1. The number of hydrogen-bond acceptors (Lipinski definition) is 4. The topological polar surface area (TPSA) is 95.7 Å². The van der Waals surface area contributed by atoms with E-state index in [1.165, 1.54) is 17.0 Å². The van der Waals surface area contributed by atoms with Crippen molar-refractivity contribution in [3.05, 3.63) is 143 Å². The first-order valence-electron chi connectivity index (χ1n) is 15.3. The van der Waals surface area contributed by atoms with E-state index in [0.717, 1.165) is 22.3 Å². The third kappa shape index (κ3) is 11.0. The molecule has 0 saturated carbocycles. The number of primary amides is 1. The van der Waals surface area contributed by atoms with Gasteiger partial charge in [-0.2, -0.15) is 0 Å². The van der Waals surface area contributed by atoms with Crippen molar-refractivity contribution in [2.24, 2.45) is 5.73 Å². The Bertz CT molecular complexity index is 1450. The lowest BCUT2D eigenvalue weighted by Gasteiger charge is -2.29. The number of hydrogen-bond donors (Lipinski definition) is 2. The molecule has 4 rings (SSSR count). The van der Waals surface area contributed by atoms with Crippen molar-refractivity contribution in [3.63, 3.8) is 0 Å². The van der Waals surface area contributed by atoms with Crippen molar-refractivity contribution in [2.45, 2.75) is 25.2 Å². The van der Waals surface area contributed by atoms with Gasteiger partial charge in [0.05, 0.1) is 19.6 Å². The summed E-state index contributed by atoms with van der Waals surface area (Å²) in [6, 6.07) is 36.2. The predicted octanol–water partition coefficient (Wildman–Crippen LogP) is 4.57. The molecule has 0 bridgehead atoms. The van der Waals surface area contributed by atoms with Gasteiger partial charge in [0.15, 0.2) is 0 Å². The maximum Gasteiger partial charge on any atom is 0.242 e. The van der Waals surface area contributed by atoms with E-state index in [9.17, 15) is 18.8 Å². The predicted molar refractivity (Wildman–Crippen MR) is 175 cm³/mol. The Hall–Kier alpha value is -4.82. The van der Waals surface area contributed by atoms with Crippen LogP contribution in [-0.2, 0) is 27.2 Å². The van der Waals surface area contributed by atoms with Gasteiger partial charge < -0.3 is 20.9 Å². The standard InChI is InChI=1S/C37H41FN4O3/c38-33-18-16-30(17-19-33)20-23-40-26-36(44)42(24-21-29-10-4-1-5-11-29)28-37(45)41(27-35(39)43)25-22-34(31-12-6-2-7-13-31)32-14-8-3-9-15-32/h1-19,34,40H,20-28H2,(H2,39,43). The van der Waals surface area contributed by atoms with Crippen LogP contribution in [0.5, 0.6) is 0 Å². The molecule has 4 aromatic carbocycles. The molecule has 45 heavy (non-hydrogen) atoms. The third-order valence-corrected chi connectivity index (χ3v) is 7.76. The summed E-state index contributed by atoms with van der Waals surface area (Å²) in [4.78, 5) is 42.2. The molecular weight excluding hydrogens is 567 g/mol. The highest BCUT2D eigenvalue weighted by atomic mass is 19.1. The molecule has 0 aliphatic carbocycles. The Morgan fingerprint density at radius 2 is 1.18 bits per heavy atom. The molecule has 0 spiro atoms. The van der Waals surface area contributed by atoms with Gasteiger partial charge in [-0.3, -0.25) is 14.4 Å². The molecule has 0 unspecified atom stereocenters. The van der Waals surface area contributed by atoms with Crippen LogP contribution in [0.1, 0.15) is 34.6 Å². The molecule has 4 aromatic rings. The van der Waals surface area contributed by atoms with Gasteiger partial charge in [-0.05, 0) is 60.2 Å². The van der Waals surface area contributed by atoms with E-state index in [-0.39, 0.29) is 43.2 Å². The fourth-order valence-electron chi connectivity index (χ4n) is 5.32. The number of nitrogens with two attached hydrogens (primary N) is 1. The summed E-state index contributed by atoms with van der Waals surface area (Å²) in [6.07, 6.45) is 1.79. The molecule has 0 atom stereocenters. The molecule has 0 aliphatic heterocycles. The monoisotopic (exact) mass is 608 g/mol. The number of nitrogens with one attached hydrogen (secondary N) is 1. The van der Waals surface area contributed by atoms with E-state index in [2.05, 4.69) is 29.6 Å². The van der Waals surface area contributed by atoms with Crippen molar-refractivity contribution in [3.8, 4) is 0 Å². The summed E-state index contributed by atoms with van der Waals surface area (Å²) >= 11 is 0. The molecule has 234 valence electrons. The van der Waals surface area contributed by atoms with E-state index < -0.39 is 5.91 Å². The summed E-state index contributed by atoms with van der Waals surface area (Å²) in [6.45, 7) is 0.809. The smallest absolute Gasteiger partial charge is 0.242 e. The number of carbonyl (C=O) groups excluding carboxylic acids is 3. The molecule has 7 nitrogen and oxygen atoms in total. The number of nitrogens with zero attached hydrogens (tertiary/aromatic N) is 2. The Morgan fingerprint density at radius 3 is 1.76 bits per heavy atom. The molecule has 8 heteroatoms. The fourth-order valence-corrected chi connectivity index (χ4v) is 5.32. The quantitative estimate of drug-likeness (QED) is 0.172. The summed E-state index contributed by atoms with van der Waals surface area (Å²) in [5.74, 6) is -1.44. The average Bonchev–Trinajstić information content (AvgIpc) is 3.06. The average molecular weight is 609 g/mol. The molecule has 3 amide bonds. The van der Waals surface area contributed by atoms with Crippen LogP contribution in [0, 0.1) is 5.82 Å². The van der Waals surface area contributed by atoms with Gasteiger partial charge in [0.2, 0.25) is 17.7 Å². The number of rotatable bonds is 17. The van der Waals surface area contributed by atoms with Gasteiger partial charge in [-0.1, -0.05) is 103 Å². The van der Waals surface area contributed by atoms with Gasteiger partial charge in [0.25, 0.3) is 0 Å². The largest absolute Gasteiger partial charge is 0.368 e. The van der Waals surface area contributed by atoms with E-state index >= 15 is 0 Å². The van der Waals surface area contributed by atoms with Crippen LogP contribution in [0.25, 0.3) is 0 Å². The van der Waals surface area contributed by atoms with E-state index in [0.29, 0.717) is 38.9 Å². The molecule has 0 fully saturated rings. The first kappa shape index (κ1) is 33.1. The van der Waals surface area contributed by atoms with Crippen molar-refractivity contribution >= 4 is 17.7 Å². The maximum atomic E-state index is 13.7. The van der Waals surface area contributed by atoms with Gasteiger partial charge in [-0.15, -0.1) is 0 Å². The second-order valence-corrected chi connectivity index (χ2v) is 11.0. The summed E-state index contributed by atoms with van der Waals surface area (Å²) < 4.78 is 13.2. The second-order valence-electron chi connectivity index (χ2n) is 11.0. The second kappa shape index (κ2) is 17.5. The summed E-state index contributed by atoms with van der Waals surface area (Å²) in [5.41, 5.74) is 9.81. The van der Waals surface area contributed by atoms with Crippen LogP contribution >= 0.6 is 0 Å².